The van der Waals surface area contributed by atoms with Gasteiger partial charge < -0.3 is 29.9 Å². The predicted octanol–water partition coefficient (Wildman–Crippen LogP) is 1.70. The molecule has 0 aliphatic carbocycles. The van der Waals surface area contributed by atoms with E-state index in [9.17, 15) is 9.59 Å². The van der Waals surface area contributed by atoms with Crippen molar-refractivity contribution in [3.05, 3.63) is 53.6 Å². The molecule has 2 radical (unpaired) electrons. The van der Waals surface area contributed by atoms with Gasteiger partial charge in [-0.05, 0) is 48.9 Å². The number of urea groups is 1. The van der Waals surface area contributed by atoms with E-state index in [2.05, 4.69) is 28.6 Å². The van der Waals surface area contributed by atoms with Gasteiger partial charge in [0.15, 0.2) is 5.79 Å². The number of nitrogens with one attached hydrogen (secondary N) is 2. The standard InChI is InChI=1S/C24H29BN4O4/c1-28-11-10-16-12-20(7-4-17(16)14-28)26-22(30)21-13-24(32-2,33-3)15-29(21)23(31)27-19-8-5-18(25)6-9-19/h4-9,12,21H,10-11,13-15H2,1-3H3,(H,26,30)(H,27,31)/t21-/m1/s1. The summed E-state index contributed by atoms with van der Waals surface area (Å²) < 4.78 is 11.1. The molecule has 2 heterocycles. The van der Waals surface area contributed by atoms with Gasteiger partial charge in [0.2, 0.25) is 5.91 Å². The fourth-order valence-electron chi connectivity index (χ4n) is 4.42. The molecule has 1 atom stereocenters. The molecular weight excluding hydrogens is 419 g/mol. The van der Waals surface area contributed by atoms with E-state index >= 15 is 0 Å². The van der Waals surface area contributed by atoms with E-state index in [4.69, 9.17) is 17.3 Å². The number of carbonyl (C=O) groups is 2. The Balaban J connectivity index is 1.52. The average Bonchev–Trinajstić information content (AvgIpc) is 3.22. The number of fused-ring (bicyclic) bond motifs is 1. The number of nitrogens with zero attached hydrogens (tertiary/aromatic N) is 2. The second kappa shape index (κ2) is 9.55. The Bertz CT molecular complexity index is 1030. The maximum Gasteiger partial charge on any atom is 0.322 e. The number of amides is 3. The fourth-order valence-corrected chi connectivity index (χ4v) is 4.42. The highest BCUT2D eigenvalue weighted by Gasteiger charge is 2.50. The molecule has 9 heteroatoms. The molecule has 8 nitrogen and oxygen atoms in total. The Morgan fingerprint density at radius 3 is 2.42 bits per heavy atom. The molecule has 2 N–H and O–H groups in total. The van der Waals surface area contributed by atoms with E-state index in [-0.39, 0.29) is 18.9 Å². The van der Waals surface area contributed by atoms with Crippen LogP contribution in [-0.4, -0.2) is 75.8 Å². The number of carbonyl (C=O) groups excluding carboxylic acids is 2. The lowest BCUT2D eigenvalue weighted by Gasteiger charge is -2.26. The first kappa shape index (κ1) is 23.3. The zero-order chi connectivity index (χ0) is 23.6. The third-order valence-electron chi connectivity index (χ3n) is 6.44. The summed E-state index contributed by atoms with van der Waals surface area (Å²) in [7, 11) is 10.9. The monoisotopic (exact) mass is 448 g/mol. The molecule has 1 saturated heterocycles. The van der Waals surface area contributed by atoms with Crippen LogP contribution >= 0.6 is 0 Å². The number of rotatable bonds is 5. The van der Waals surface area contributed by atoms with Gasteiger partial charge in [-0.1, -0.05) is 23.7 Å². The van der Waals surface area contributed by atoms with E-state index in [0.717, 1.165) is 25.2 Å². The van der Waals surface area contributed by atoms with Gasteiger partial charge in [-0.25, -0.2) is 4.79 Å². The minimum Gasteiger partial charge on any atom is -0.351 e. The first-order valence-electron chi connectivity index (χ1n) is 11.0. The molecule has 33 heavy (non-hydrogen) atoms. The molecule has 0 saturated carbocycles. The van der Waals surface area contributed by atoms with Gasteiger partial charge in [0.05, 0.1) is 6.54 Å². The van der Waals surface area contributed by atoms with Crippen LogP contribution < -0.4 is 16.1 Å². The summed E-state index contributed by atoms with van der Waals surface area (Å²) in [5, 5.41) is 5.81. The molecule has 4 rings (SSSR count). The number of anilines is 2. The minimum absolute atomic E-state index is 0.120. The van der Waals surface area contributed by atoms with Gasteiger partial charge in [0, 0.05) is 45.1 Å². The summed E-state index contributed by atoms with van der Waals surface area (Å²) >= 11 is 0. The molecule has 3 amide bonds. The number of likely N-dealkylation sites (tertiary alicyclic amines) is 1. The van der Waals surface area contributed by atoms with Crippen molar-refractivity contribution >= 4 is 36.6 Å². The van der Waals surface area contributed by atoms with E-state index in [0.29, 0.717) is 11.2 Å². The molecule has 0 spiro atoms. The van der Waals surface area contributed by atoms with Crippen LogP contribution in [0.3, 0.4) is 0 Å². The first-order valence-corrected chi connectivity index (χ1v) is 11.0. The van der Waals surface area contributed by atoms with E-state index in [1.165, 1.54) is 30.2 Å². The number of methoxy groups -OCH3 is 2. The second-order valence-corrected chi connectivity index (χ2v) is 8.68. The quantitative estimate of drug-likeness (QED) is 0.538. The van der Waals surface area contributed by atoms with Crippen LogP contribution in [0.5, 0.6) is 0 Å². The van der Waals surface area contributed by atoms with Gasteiger partial charge in [0.25, 0.3) is 0 Å². The topological polar surface area (TPSA) is 83.1 Å². The molecule has 0 unspecified atom stereocenters. The Hall–Kier alpha value is -2.88. The highest BCUT2D eigenvalue weighted by molar-refractivity contribution is 6.32. The smallest absolute Gasteiger partial charge is 0.322 e. The minimum atomic E-state index is -1.05. The van der Waals surface area contributed by atoms with Gasteiger partial charge in [-0.3, -0.25) is 4.79 Å². The SMILES string of the molecule is [B]c1ccc(NC(=O)N2CC(OC)(OC)C[C@@H]2C(=O)Nc2ccc3c(c2)CCN(C)C3)cc1. The normalized spacial score (nSPS) is 19.7. The summed E-state index contributed by atoms with van der Waals surface area (Å²) in [6.07, 6.45) is 1.16. The third kappa shape index (κ3) is 5.05. The van der Waals surface area contributed by atoms with Crippen LogP contribution in [0.2, 0.25) is 0 Å². The highest BCUT2D eigenvalue weighted by Crippen LogP contribution is 2.32. The van der Waals surface area contributed by atoms with Crippen LogP contribution in [-0.2, 0) is 27.2 Å². The molecule has 2 aromatic rings. The maximum absolute atomic E-state index is 13.3. The van der Waals surface area contributed by atoms with E-state index in [1.54, 1.807) is 24.3 Å². The number of likely N-dealkylation sites (N-methyl/N-ethyl adjacent to an activating group) is 1. The first-order chi connectivity index (χ1) is 15.8. The van der Waals surface area contributed by atoms with Crippen LogP contribution in [0.25, 0.3) is 0 Å². The van der Waals surface area contributed by atoms with Crippen molar-refractivity contribution in [2.45, 2.75) is 31.2 Å². The van der Waals surface area contributed by atoms with Crippen molar-refractivity contribution in [1.82, 2.24) is 9.80 Å². The molecule has 0 aromatic heterocycles. The number of ether oxygens (including phenoxy) is 2. The zero-order valence-corrected chi connectivity index (χ0v) is 19.3. The summed E-state index contributed by atoms with van der Waals surface area (Å²) in [5.41, 5.74) is 4.40. The van der Waals surface area contributed by atoms with Crippen LogP contribution in [0.1, 0.15) is 17.5 Å². The number of benzene rings is 2. The van der Waals surface area contributed by atoms with Gasteiger partial charge >= 0.3 is 6.03 Å². The van der Waals surface area contributed by atoms with Gasteiger partial charge in [-0.15, -0.1) is 0 Å². The fraction of sp³-hybridized carbons (Fsp3) is 0.417. The molecule has 1 fully saturated rings. The lowest BCUT2D eigenvalue weighted by atomic mass is 9.96. The summed E-state index contributed by atoms with van der Waals surface area (Å²) in [6.45, 7) is 2.00. The highest BCUT2D eigenvalue weighted by atomic mass is 16.7. The van der Waals surface area contributed by atoms with Crippen LogP contribution in [0, 0.1) is 0 Å². The van der Waals surface area contributed by atoms with Crippen molar-refractivity contribution in [2.75, 3.05) is 45.0 Å². The Morgan fingerprint density at radius 1 is 1.03 bits per heavy atom. The Labute approximate surface area is 195 Å². The van der Waals surface area contributed by atoms with Crippen LogP contribution in [0.15, 0.2) is 42.5 Å². The average molecular weight is 448 g/mol. The molecule has 2 aromatic carbocycles. The molecule has 2 aliphatic rings. The number of hydrogen-bond acceptors (Lipinski definition) is 5. The number of hydrogen-bond donors (Lipinski definition) is 2. The summed E-state index contributed by atoms with van der Waals surface area (Å²) in [6, 6.07) is 11.6. The van der Waals surface area contributed by atoms with E-state index in [1.807, 2.05) is 12.1 Å². The molecular formula is C24H29BN4O4. The van der Waals surface area contributed by atoms with Crippen molar-refractivity contribution < 1.29 is 19.1 Å². The van der Waals surface area contributed by atoms with Gasteiger partial charge in [-0.2, -0.15) is 0 Å². The van der Waals surface area contributed by atoms with Crippen molar-refractivity contribution in [1.29, 1.82) is 0 Å². The van der Waals surface area contributed by atoms with Crippen molar-refractivity contribution in [3.8, 4) is 0 Å². The second-order valence-electron chi connectivity index (χ2n) is 8.68. The Kier molecular flexibility index (Phi) is 6.74. The third-order valence-corrected chi connectivity index (χ3v) is 6.44. The van der Waals surface area contributed by atoms with E-state index < -0.39 is 17.9 Å². The predicted molar refractivity (Wildman–Crippen MR) is 128 cm³/mol. The lowest BCUT2D eigenvalue weighted by molar-refractivity contribution is -0.194. The largest absolute Gasteiger partial charge is 0.351 e. The molecule has 2 aliphatic heterocycles. The molecule has 0 bridgehead atoms. The summed E-state index contributed by atoms with van der Waals surface area (Å²) in [5.74, 6) is -1.34. The Morgan fingerprint density at radius 2 is 1.73 bits per heavy atom. The molecule has 172 valence electrons. The lowest BCUT2D eigenvalue weighted by Crippen LogP contribution is -2.45. The zero-order valence-electron chi connectivity index (χ0n) is 19.3. The maximum atomic E-state index is 13.3. The van der Waals surface area contributed by atoms with Crippen molar-refractivity contribution in [2.24, 2.45) is 0 Å². The van der Waals surface area contributed by atoms with Gasteiger partial charge in [0.1, 0.15) is 13.9 Å². The van der Waals surface area contributed by atoms with Crippen LogP contribution in [0.4, 0.5) is 16.2 Å². The van der Waals surface area contributed by atoms with Crippen molar-refractivity contribution in [3.63, 3.8) is 0 Å². The summed E-state index contributed by atoms with van der Waals surface area (Å²) in [4.78, 5) is 30.1.